The molecule has 0 aliphatic heterocycles. The zero-order valence-electron chi connectivity index (χ0n) is 8.80. The van der Waals surface area contributed by atoms with Gasteiger partial charge in [0.15, 0.2) is 5.92 Å². The first-order valence-electron chi connectivity index (χ1n) is 4.79. The molecule has 0 heterocycles. The molecule has 0 saturated heterocycles. The van der Waals surface area contributed by atoms with Crippen molar-refractivity contribution in [1.82, 2.24) is 0 Å². The molecule has 1 rings (SSSR count). The zero-order valence-corrected chi connectivity index (χ0v) is 8.80. The van der Waals surface area contributed by atoms with Crippen LogP contribution in [0.15, 0.2) is 24.3 Å². The molecule has 80 valence electrons. The monoisotopic (exact) mass is 214 g/mol. The van der Waals surface area contributed by atoms with Crippen LogP contribution in [0.1, 0.15) is 24.0 Å². The average molecular weight is 214 g/mol. The van der Waals surface area contributed by atoms with Gasteiger partial charge in [-0.1, -0.05) is 12.1 Å². The minimum atomic E-state index is -0.923. The van der Waals surface area contributed by atoms with Crippen LogP contribution < -0.4 is 0 Å². The maximum absolute atomic E-state index is 11.4. The fourth-order valence-corrected chi connectivity index (χ4v) is 1.24. The van der Waals surface area contributed by atoms with Gasteiger partial charge in [0.25, 0.3) is 0 Å². The lowest BCUT2D eigenvalue weighted by Crippen LogP contribution is -2.14. The fourth-order valence-electron chi connectivity index (χ4n) is 1.24. The number of nitrogens with zero attached hydrogens (tertiary/aromatic N) is 2. The number of nitriles is 2. The number of esters is 1. The lowest BCUT2D eigenvalue weighted by molar-refractivity contribution is -0.143. The highest BCUT2D eigenvalue weighted by molar-refractivity contribution is 5.81. The molecule has 0 aliphatic rings. The van der Waals surface area contributed by atoms with Crippen LogP contribution in [0, 0.1) is 22.7 Å². The molecule has 1 unspecified atom stereocenters. The standard InChI is InChI=1S/C12H10N2O2/c1-2-16-12(15)11(8-14)10-5-3-9(7-13)4-6-10/h3-6,11H,2H2,1H3. The van der Waals surface area contributed by atoms with E-state index in [1.807, 2.05) is 12.1 Å². The third-order valence-corrected chi connectivity index (χ3v) is 2.02. The summed E-state index contributed by atoms with van der Waals surface area (Å²) in [7, 11) is 0. The Morgan fingerprint density at radius 3 is 2.44 bits per heavy atom. The average Bonchev–Trinajstić information content (AvgIpc) is 2.31. The van der Waals surface area contributed by atoms with Crippen molar-refractivity contribution in [3.63, 3.8) is 0 Å². The van der Waals surface area contributed by atoms with Gasteiger partial charge in [-0.3, -0.25) is 4.79 Å². The van der Waals surface area contributed by atoms with Gasteiger partial charge >= 0.3 is 5.97 Å². The predicted molar refractivity (Wildman–Crippen MR) is 56.1 cm³/mol. The van der Waals surface area contributed by atoms with Gasteiger partial charge < -0.3 is 4.74 Å². The molecule has 4 nitrogen and oxygen atoms in total. The van der Waals surface area contributed by atoms with Gasteiger partial charge in [0.1, 0.15) is 0 Å². The number of carbonyl (C=O) groups is 1. The summed E-state index contributed by atoms with van der Waals surface area (Å²) >= 11 is 0. The highest BCUT2D eigenvalue weighted by Crippen LogP contribution is 2.17. The van der Waals surface area contributed by atoms with Crippen LogP contribution in [0.4, 0.5) is 0 Å². The van der Waals surface area contributed by atoms with E-state index in [1.165, 1.54) is 0 Å². The second-order valence-corrected chi connectivity index (χ2v) is 3.05. The molecule has 0 fully saturated rings. The van der Waals surface area contributed by atoms with E-state index in [0.717, 1.165) is 0 Å². The molecule has 0 bridgehead atoms. The van der Waals surface area contributed by atoms with Crippen molar-refractivity contribution in [2.24, 2.45) is 0 Å². The smallest absolute Gasteiger partial charge is 0.327 e. The number of rotatable bonds is 3. The van der Waals surface area contributed by atoms with Crippen molar-refractivity contribution < 1.29 is 9.53 Å². The van der Waals surface area contributed by atoms with E-state index in [0.29, 0.717) is 11.1 Å². The molecule has 0 aromatic heterocycles. The summed E-state index contributed by atoms with van der Waals surface area (Å²) in [5.41, 5.74) is 1.03. The Balaban J connectivity index is 2.93. The minimum absolute atomic E-state index is 0.243. The Bertz CT molecular complexity index is 451. The van der Waals surface area contributed by atoms with Crippen molar-refractivity contribution in [3.05, 3.63) is 35.4 Å². The number of ether oxygens (including phenoxy) is 1. The normalized spacial score (nSPS) is 10.9. The summed E-state index contributed by atoms with van der Waals surface area (Å²) in [6, 6.07) is 10.2. The van der Waals surface area contributed by atoms with E-state index in [4.69, 9.17) is 15.3 Å². The third kappa shape index (κ3) is 2.59. The van der Waals surface area contributed by atoms with Crippen molar-refractivity contribution in [3.8, 4) is 12.1 Å². The summed E-state index contributed by atoms with van der Waals surface area (Å²) in [4.78, 5) is 11.4. The van der Waals surface area contributed by atoms with E-state index >= 15 is 0 Å². The second-order valence-electron chi connectivity index (χ2n) is 3.05. The van der Waals surface area contributed by atoms with E-state index in [1.54, 1.807) is 31.2 Å². The molecule has 0 saturated carbocycles. The number of benzene rings is 1. The predicted octanol–water partition coefficient (Wildman–Crippen LogP) is 1.73. The highest BCUT2D eigenvalue weighted by Gasteiger charge is 2.21. The van der Waals surface area contributed by atoms with Crippen LogP contribution >= 0.6 is 0 Å². The van der Waals surface area contributed by atoms with E-state index < -0.39 is 11.9 Å². The van der Waals surface area contributed by atoms with Gasteiger partial charge in [-0.25, -0.2) is 0 Å². The molecule has 0 N–H and O–H groups in total. The zero-order chi connectivity index (χ0) is 12.0. The molecule has 0 spiro atoms. The van der Waals surface area contributed by atoms with Crippen LogP contribution in [0.25, 0.3) is 0 Å². The summed E-state index contributed by atoms with van der Waals surface area (Å²) in [6.45, 7) is 1.93. The van der Waals surface area contributed by atoms with Crippen molar-refractivity contribution >= 4 is 5.97 Å². The van der Waals surface area contributed by atoms with Gasteiger partial charge in [-0.2, -0.15) is 10.5 Å². The van der Waals surface area contributed by atoms with Crippen LogP contribution in [0.5, 0.6) is 0 Å². The summed E-state index contributed by atoms with van der Waals surface area (Å²) < 4.78 is 4.78. The quantitative estimate of drug-likeness (QED) is 0.718. The Hall–Kier alpha value is -2.33. The first kappa shape index (κ1) is 11.7. The molecule has 4 heteroatoms. The van der Waals surface area contributed by atoms with Crippen molar-refractivity contribution in [2.75, 3.05) is 6.61 Å². The Labute approximate surface area is 93.7 Å². The first-order chi connectivity index (χ1) is 7.72. The third-order valence-electron chi connectivity index (χ3n) is 2.02. The Kier molecular flexibility index (Phi) is 4.06. The van der Waals surface area contributed by atoms with Crippen molar-refractivity contribution in [2.45, 2.75) is 12.8 Å². The van der Waals surface area contributed by atoms with E-state index in [-0.39, 0.29) is 6.61 Å². The first-order valence-corrected chi connectivity index (χ1v) is 4.79. The van der Waals surface area contributed by atoms with Gasteiger partial charge in [0.2, 0.25) is 0 Å². The lowest BCUT2D eigenvalue weighted by atomic mass is 10.00. The maximum atomic E-state index is 11.4. The van der Waals surface area contributed by atoms with Gasteiger partial charge in [0, 0.05) is 0 Å². The molecular weight excluding hydrogens is 204 g/mol. The van der Waals surface area contributed by atoms with Gasteiger partial charge in [-0.15, -0.1) is 0 Å². The fraction of sp³-hybridized carbons (Fsp3) is 0.250. The second kappa shape index (κ2) is 5.53. The molecule has 0 radical (unpaired) electrons. The molecule has 1 atom stereocenters. The molecule has 0 amide bonds. The molecule has 0 aliphatic carbocycles. The van der Waals surface area contributed by atoms with Gasteiger partial charge in [0.05, 0.1) is 24.3 Å². The summed E-state index contributed by atoms with van der Waals surface area (Å²) in [5.74, 6) is -1.48. The van der Waals surface area contributed by atoms with Crippen LogP contribution in [-0.2, 0) is 9.53 Å². The molecule has 16 heavy (non-hydrogen) atoms. The molecular formula is C12H10N2O2. The topological polar surface area (TPSA) is 73.9 Å². The van der Waals surface area contributed by atoms with E-state index in [9.17, 15) is 4.79 Å². The number of hydrogen-bond donors (Lipinski definition) is 0. The highest BCUT2D eigenvalue weighted by atomic mass is 16.5. The molecule has 1 aromatic rings. The SMILES string of the molecule is CCOC(=O)C(C#N)c1ccc(C#N)cc1. The largest absolute Gasteiger partial charge is 0.465 e. The van der Waals surface area contributed by atoms with Crippen LogP contribution in [0.2, 0.25) is 0 Å². The number of hydrogen-bond acceptors (Lipinski definition) is 4. The molecule has 1 aromatic carbocycles. The lowest BCUT2D eigenvalue weighted by Gasteiger charge is -2.08. The van der Waals surface area contributed by atoms with Crippen molar-refractivity contribution in [1.29, 1.82) is 10.5 Å². The summed E-state index contributed by atoms with van der Waals surface area (Å²) in [6.07, 6.45) is 0. The maximum Gasteiger partial charge on any atom is 0.327 e. The summed E-state index contributed by atoms with van der Waals surface area (Å²) in [5, 5.41) is 17.5. The van der Waals surface area contributed by atoms with E-state index in [2.05, 4.69) is 0 Å². The van der Waals surface area contributed by atoms with Crippen LogP contribution in [-0.4, -0.2) is 12.6 Å². The minimum Gasteiger partial charge on any atom is -0.465 e. The van der Waals surface area contributed by atoms with Crippen LogP contribution in [0.3, 0.4) is 0 Å². The number of carbonyl (C=O) groups excluding carboxylic acids is 1. The van der Waals surface area contributed by atoms with Gasteiger partial charge in [-0.05, 0) is 24.6 Å². The Morgan fingerprint density at radius 2 is 2.00 bits per heavy atom. The Morgan fingerprint density at radius 1 is 1.38 bits per heavy atom.